The van der Waals surface area contributed by atoms with Crippen molar-refractivity contribution in [2.24, 2.45) is 0 Å². The van der Waals surface area contributed by atoms with E-state index in [-0.39, 0.29) is 0 Å². The van der Waals surface area contributed by atoms with E-state index in [4.69, 9.17) is 26.2 Å². The Labute approximate surface area is 215 Å². The first-order chi connectivity index (χ1) is 17.6. The van der Waals surface area contributed by atoms with E-state index >= 15 is 0 Å². The van der Waals surface area contributed by atoms with Gasteiger partial charge in [0.2, 0.25) is 5.95 Å². The quantitative estimate of drug-likeness (QED) is 0.302. The minimum absolute atomic E-state index is 0.389. The number of rotatable bonds is 9. The third-order valence-corrected chi connectivity index (χ3v) is 6.48. The summed E-state index contributed by atoms with van der Waals surface area (Å²) in [7, 11) is 1.66. The van der Waals surface area contributed by atoms with E-state index in [0.29, 0.717) is 29.3 Å². The second-order valence-electron chi connectivity index (χ2n) is 8.75. The van der Waals surface area contributed by atoms with Crippen LogP contribution in [0.3, 0.4) is 0 Å². The zero-order valence-corrected chi connectivity index (χ0v) is 21.2. The normalized spacial score (nSPS) is 13.6. The molecule has 0 aliphatic carbocycles. The van der Waals surface area contributed by atoms with Crippen LogP contribution in [0.15, 0.2) is 60.8 Å². The van der Waals surface area contributed by atoms with E-state index in [1.165, 1.54) is 12.8 Å². The van der Waals surface area contributed by atoms with Crippen LogP contribution in [0.4, 0.5) is 11.6 Å². The van der Waals surface area contributed by atoms with Gasteiger partial charge in [0.1, 0.15) is 11.5 Å². The lowest BCUT2D eigenvalue weighted by Crippen LogP contribution is -2.24. The van der Waals surface area contributed by atoms with Crippen molar-refractivity contribution in [1.82, 2.24) is 24.6 Å². The zero-order chi connectivity index (χ0) is 24.9. The van der Waals surface area contributed by atoms with Gasteiger partial charge in [0.05, 0.1) is 18.7 Å². The van der Waals surface area contributed by atoms with E-state index in [0.717, 1.165) is 47.9 Å². The number of anilines is 2. The predicted molar refractivity (Wildman–Crippen MR) is 141 cm³/mol. The summed E-state index contributed by atoms with van der Waals surface area (Å²) in [5, 5.41) is 8.51. The third kappa shape index (κ3) is 5.61. The van der Waals surface area contributed by atoms with E-state index in [1.54, 1.807) is 24.1 Å². The van der Waals surface area contributed by atoms with Crippen molar-refractivity contribution in [3.05, 3.63) is 71.5 Å². The van der Waals surface area contributed by atoms with Gasteiger partial charge in [-0.2, -0.15) is 4.98 Å². The molecule has 1 N–H and O–H groups in total. The Bertz CT molecular complexity index is 1340. The highest BCUT2D eigenvalue weighted by molar-refractivity contribution is 6.32. The second kappa shape index (κ2) is 11.0. The van der Waals surface area contributed by atoms with Crippen LogP contribution in [0.1, 0.15) is 18.5 Å². The standard InChI is InChI=1S/C27H29ClN6O2/c1-19-17-20(11-12-29-19)22-10-9-21(18-25(22)35-2)30-26-31-27(36-24-8-4-3-7-23(24)28)34(32-26)16-15-33-13-5-6-14-33/h3-4,7-12,17-18H,5-6,13-16H2,1-2H3,(H,30,32). The number of ether oxygens (including phenoxy) is 2. The number of nitrogens with one attached hydrogen (secondary N) is 1. The minimum Gasteiger partial charge on any atom is -0.496 e. The molecular weight excluding hydrogens is 476 g/mol. The molecule has 0 bridgehead atoms. The molecule has 5 rings (SSSR count). The number of benzene rings is 2. The maximum absolute atomic E-state index is 6.33. The fourth-order valence-corrected chi connectivity index (χ4v) is 4.49. The molecule has 3 heterocycles. The van der Waals surface area contributed by atoms with Gasteiger partial charge >= 0.3 is 6.01 Å². The van der Waals surface area contributed by atoms with Crippen LogP contribution in [-0.4, -0.2) is 51.4 Å². The number of methoxy groups -OCH3 is 1. The van der Waals surface area contributed by atoms with Crippen LogP contribution in [0.25, 0.3) is 11.1 Å². The van der Waals surface area contributed by atoms with E-state index in [1.807, 2.05) is 55.5 Å². The summed E-state index contributed by atoms with van der Waals surface area (Å²) in [6.45, 7) is 5.75. The SMILES string of the molecule is COc1cc(Nc2nc(Oc3ccccc3Cl)n(CCN3CCCC3)n2)ccc1-c1ccnc(C)c1. The first-order valence-corrected chi connectivity index (χ1v) is 12.4. The van der Waals surface area contributed by atoms with Gasteiger partial charge in [-0.15, -0.1) is 5.10 Å². The van der Waals surface area contributed by atoms with Crippen molar-refractivity contribution in [2.45, 2.75) is 26.3 Å². The van der Waals surface area contributed by atoms with Gasteiger partial charge < -0.3 is 19.7 Å². The molecule has 1 fully saturated rings. The number of hydrogen-bond donors (Lipinski definition) is 1. The average Bonchev–Trinajstić information content (AvgIpc) is 3.54. The van der Waals surface area contributed by atoms with Crippen LogP contribution in [0, 0.1) is 6.92 Å². The highest BCUT2D eigenvalue weighted by Crippen LogP contribution is 2.34. The fourth-order valence-electron chi connectivity index (χ4n) is 4.32. The maximum atomic E-state index is 6.33. The highest BCUT2D eigenvalue weighted by Gasteiger charge is 2.17. The molecule has 2 aromatic heterocycles. The summed E-state index contributed by atoms with van der Waals surface area (Å²) >= 11 is 6.33. The molecule has 2 aromatic carbocycles. The largest absolute Gasteiger partial charge is 0.496 e. The molecule has 1 aliphatic rings. The maximum Gasteiger partial charge on any atom is 0.322 e. The molecule has 1 saturated heterocycles. The number of halogens is 1. The second-order valence-corrected chi connectivity index (χ2v) is 9.16. The number of hydrogen-bond acceptors (Lipinski definition) is 7. The lowest BCUT2D eigenvalue weighted by molar-refractivity contribution is 0.301. The molecule has 36 heavy (non-hydrogen) atoms. The van der Waals surface area contributed by atoms with Crippen molar-refractivity contribution in [2.75, 3.05) is 32.1 Å². The van der Waals surface area contributed by atoms with Gasteiger partial charge in [-0.25, -0.2) is 4.68 Å². The Morgan fingerprint density at radius 1 is 1.00 bits per heavy atom. The monoisotopic (exact) mass is 504 g/mol. The number of nitrogens with zero attached hydrogens (tertiary/aromatic N) is 5. The summed E-state index contributed by atoms with van der Waals surface area (Å²) < 4.78 is 13.5. The Hall–Kier alpha value is -3.62. The molecule has 0 radical (unpaired) electrons. The van der Waals surface area contributed by atoms with Crippen LogP contribution in [0.5, 0.6) is 17.5 Å². The van der Waals surface area contributed by atoms with Gasteiger partial charge in [0.25, 0.3) is 0 Å². The lowest BCUT2D eigenvalue weighted by Gasteiger charge is -2.15. The van der Waals surface area contributed by atoms with Crippen molar-refractivity contribution in [1.29, 1.82) is 0 Å². The average molecular weight is 505 g/mol. The molecular formula is C27H29ClN6O2. The van der Waals surface area contributed by atoms with Crippen LogP contribution >= 0.6 is 11.6 Å². The molecule has 1 aliphatic heterocycles. The highest BCUT2D eigenvalue weighted by atomic mass is 35.5. The van der Waals surface area contributed by atoms with Gasteiger partial charge in [0, 0.05) is 35.8 Å². The first kappa shape index (κ1) is 24.1. The van der Waals surface area contributed by atoms with Gasteiger partial charge in [0.15, 0.2) is 0 Å². The number of aryl methyl sites for hydroxylation is 1. The minimum atomic E-state index is 0.389. The van der Waals surface area contributed by atoms with Crippen molar-refractivity contribution >= 4 is 23.2 Å². The van der Waals surface area contributed by atoms with Crippen molar-refractivity contribution < 1.29 is 9.47 Å². The van der Waals surface area contributed by atoms with Crippen LogP contribution in [-0.2, 0) is 6.54 Å². The topological polar surface area (TPSA) is 77.3 Å². The Morgan fingerprint density at radius 3 is 2.61 bits per heavy atom. The number of aromatic nitrogens is 4. The molecule has 0 atom stereocenters. The Morgan fingerprint density at radius 2 is 1.83 bits per heavy atom. The van der Waals surface area contributed by atoms with Crippen LogP contribution in [0.2, 0.25) is 5.02 Å². The fraction of sp³-hybridized carbons (Fsp3) is 0.296. The Kier molecular flexibility index (Phi) is 7.34. The van der Waals surface area contributed by atoms with Gasteiger partial charge in [-0.05, 0) is 74.8 Å². The lowest BCUT2D eigenvalue weighted by atomic mass is 10.0. The molecule has 8 nitrogen and oxygen atoms in total. The van der Waals surface area contributed by atoms with E-state index in [9.17, 15) is 0 Å². The summed E-state index contributed by atoms with van der Waals surface area (Å²) in [6.07, 6.45) is 4.28. The Balaban J connectivity index is 1.39. The molecule has 0 amide bonds. The van der Waals surface area contributed by atoms with E-state index in [2.05, 4.69) is 20.2 Å². The molecule has 4 aromatic rings. The molecule has 186 valence electrons. The molecule has 9 heteroatoms. The predicted octanol–water partition coefficient (Wildman–Crippen LogP) is 5.94. The summed E-state index contributed by atoms with van der Waals surface area (Å²) in [5.41, 5.74) is 3.79. The van der Waals surface area contributed by atoms with Gasteiger partial charge in [-0.1, -0.05) is 23.7 Å². The van der Waals surface area contributed by atoms with E-state index < -0.39 is 0 Å². The molecule has 0 saturated carbocycles. The smallest absolute Gasteiger partial charge is 0.322 e. The van der Waals surface area contributed by atoms with Crippen LogP contribution < -0.4 is 14.8 Å². The van der Waals surface area contributed by atoms with Crippen molar-refractivity contribution in [3.63, 3.8) is 0 Å². The molecule has 0 unspecified atom stereocenters. The van der Waals surface area contributed by atoms with Gasteiger partial charge in [-0.3, -0.25) is 4.98 Å². The summed E-state index contributed by atoms with van der Waals surface area (Å²) in [6, 6.07) is 17.7. The number of para-hydroxylation sites is 1. The van der Waals surface area contributed by atoms with Crippen molar-refractivity contribution in [3.8, 4) is 28.6 Å². The summed E-state index contributed by atoms with van der Waals surface area (Å²) in [4.78, 5) is 11.3. The molecule has 0 spiro atoms. The summed E-state index contributed by atoms with van der Waals surface area (Å²) in [5.74, 6) is 1.72. The number of pyridine rings is 1. The third-order valence-electron chi connectivity index (χ3n) is 6.17. The first-order valence-electron chi connectivity index (χ1n) is 12.1. The zero-order valence-electron chi connectivity index (χ0n) is 20.4. The number of likely N-dealkylation sites (tertiary alicyclic amines) is 1.